The molecule has 4 nitrogen and oxygen atoms in total. The molecule has 0 N–H and O–H groups in total. The average molecular weight is 301 g/mol. The van der Waals surface area contributed by atoms with Gasteiger partial charge in [0.25, 0.3) is 0 Å². The number of morpholine rings is 1. The highest BCUT2D eigenvalue weighted by molar-refractivity contribution is 5.71. The first-order valence-electron chi connectivity index (χ1n) is 7.11. The van der Waals surface area contributed by atoms with Crippen LogP contribution in [0.2, 0.25) is 0 Å². The van der Waals surface area contributed by atoms with Crippen molar-refractivity contribution in [3.63, 3.8) is 0 Å². The lowest BCUT2D eigenvalue weighted by atomic mass is 10.1. The second kappa shape index (κ2) is 6.58. The molecule has 0 aromatic heterocycles. The van der Waals surface area contributed by atoms with Crippen molar-refractivity contribution in [2.24, 2.45) is 0 Å². The zero-order valence-electron chi connectivity index (χ0n) is 11.9. The van der Waals surface area contributed by atoms with Gasteiger partial charge in [-0.25, -0.2) is 9.18 Å². The van der Waals surface area contributed by atoms with Crippen molar-refractivity contribution in [2.45, 2.75) is 6.04 Å². The first-order valence-corrected chi connectivity index (χ1v) is 7.11. The number of halogens is 1. The summed E-state index contributed by atoms with van der Waals surface area (Å²) in [5.41, 5.74) is 0.825. The third kappa shape index (κ3) is 3.26. The van der Waals surface area contributed by atoms with Crippen molar-refractivity contribution >= 4 is 6.09 Å². The molecule has 1 aliphatic rings. The molecule has 1 unspecified atom stereocenters. The van der Waals surface area contributed by atoms with E-state index in [9.17, 15) is 9.18 Å². The van der Waals surface area contributed by atoms with Crippen molar-refractivity contribution in [2.75, 3.05) is 19.8 Å². The van der Waals surface area contributed by atoms with Gasteiger partial charge in [-0.1, -0.05) is 30.3 Å². The van der Waals surface area contributed by atoms with Crippen LogP contribution in [-0.4, -0.2) is 30.8 Å². The number of amides is 1. The molecule has 0 saturated carbocycles. The van der Waals surface area contributed by atoms with E-state index < -0.39 is 6.09 Å². The summed E-state index contributed by atoms with van der Waals surface area (Å²) >= 11 is 0. The molecule has 1 aliphatic heterocycles. The topological polar surface area (TPSA) is 38.8 Å². The largest absolute Gasteiger partial charge is 0.415 e. The van der Waals surface area contributed by atoms with E-state index in [-0.39, 0.29) is 11.9 Å². The van der Waals surface area contributed by atoms with Gasteiger partial charge >= 0.3 is 6.09 Å². The summed E-state index contributed by atoms with van der Waals surface area (Å²) in [5, 5.41) is 0. The van der Waals surface area contributed by atoms with Gasteiger partial charge < -0.3 is 9.47 Å². The maximum Gasteiger partial charge on any atom is 0.415 e. The van der Waals surface area contributed by atoms with Crippen LogP contribution in [-0.2, 0) is 4.74 Å². The fraction of sp³-hybridized carbons (Fsp3) is 0.235. The number of carbonyl (C=O) groups excluding carboxylic acids is 1. The molecule has 3 rings (SSSR count). The van der Waals surface area contributed by atoms with Crippen LogP contribution in [0.1, 0.15) is 11.6 Å². The van der Waals surface area contributed by atoms with Crippen molar-refractivity contribution in [3.8, 4) is 5.75 Å². The van der Waals surface area contributed by atoms with Gasteiger partial charge in [0.2, 0.25) is 0 Å². The number of nitrogens with zero attached hydrogens (tertiary/aromatic N) is 1. The van der Waals surface area contributed by atoms with Gasteiger partial charge in [0.1, 0.15) is 11.6 Å². The van der Waals surface area contributed by atoms with Crippen LogP contribution in [0.15, 0.2) is 54.6 Å². The summed E-state index contributed by atoms with van der Waals surface area (Å²) in [5.74, 6) is 0.190. The number of para-hydroxylation sites is 1. The molecule has 1 fully saturated rings. The zero-order chi connectivity index (χ0) is 15.4. The summed E-state index contributed by atoms with van der Waals surface area (Å²) in [6.45, 7) is 1.27. The lowest BCUT2D eigenvalue weighted by Gasteiger charge is -2.34. The zero-order valence-corrected chi connectivity index (χ0v) is 11.9. The van der Waals surface area contributed by atoms with Gasteiger partial charge in [0.05, 0.1) is 19.3 Å². The number of ether oxygens (including phenoxy) is 2. The summed E-state index contributed by atoms with van der Waals surface area (Å²) in [4.78, 5) is 14.0. The minimum Gasteiger partial charge on any atom is -0.410 e. The molecule has 0 radical (unpaired) electrons. The van der Waals surface area contributed by atoms with Crippen LogP contribution in [0.4, 0.5) is 9.18 Å². The number of hydrogen-bond donors (Lipinski definition) is 0. The van der Waals surface area contributed by atoms with Crippen LogP contribution >= 0.6 is 0 Å². The van der Waals surface area contributed by atoms with Crippen LogP contribution in [0.5, 0.6) is 5.75 Å². The van der Waals surface area contributed by atoms with Crippen LogP contribution in [0, 0.1) is 5.82 Å². The van der Waals surface area contributed by atoms with Gasteiger partial charge in [-0.15, -0.1) is 0 Å². The number of rotatable bonds is 2. The van der Waals surface area contributed by atoms with Crippen LogP contribution < -0.4 is 4.74 Å². The molecule has 1 heterocycles. The maximum atomic E-state index is 13.1. The van der Waals surface area contributed by atoms with Crippen LogP contribution in [0.3, 0.4) is 0 Å². The van der Waals surface area contributed by atoms with E-state index in [0.717, 1.165) is 5.56 Å². The summed E-state index contributed by atoms with van der Waals surface area (Å²) in [6.07, 6.45) is -0.427. The molecule has 0 spiro atoms. The molecule has 0 aliphatic carbocycles. The van der Waals surface area contributed by atoms with E-state index in [0.29, 0.717) is 25.5 Å². The Hall–Kier alpha value is -2.40. The van der Waals surface area contributed by atoms with Crippen molar-refractivity contribution in [1.29, 1.82) is 0 Å². The normalized spacial score (nSPS) is 18.0. The van der Waals surface area contributed by atoms with E-state index in [4.69, 9.17) is 9.47 Å². The highest BCUT2D eigenvalue weighted by Gasteiger charge is 2.30. The summed E-state index contributed by atoms with van der Waals surface area (Å²) in [6, 6.07) is 14.7. The Labute approximate surface area is 128 Å². The lowest BCUT2D eigenvalue weighted by Crippen LogP contribution is -2.44. The lowest BCUT2D eigenvalue weighted by molar-refractivity contribution is 0.00124. The van der Waals surface area contributed by atoms with Crippen molar-refractivity contribution in [1.82, 2.24) is 4.90 Å². The average Bonchev–Trinajstić information content (AvgIpc) is 2.56. The fourth-order valence-corrected chi connectivity index (χ4v) is 2.43. The van der Waals surface area contributed by atoms with E-state index in [2.05, 4.69) is 0 Å². The molecule has 114 valence electrons. The van der Waals surface area contributed by atoms with Gasteiger partial charge in [-0.2, -0.15) is 0 Å². The Morgan fingerprint density at radius 3 is 2.59 bits per heavy atom. The van der Waals surface area contributed by atoms with Gasteiger partial charge in [-0.05, 0) is 29.8 Å². The standard InChI is InChI=1S/C17H16FNO3/c18-14-8-6-13(7-9-14)16-12-21-11-10-19(16)17(20)22-15-4-2-1-3-5-15/h1-9,16H,10-12H2. The smallest absolute Gasteiger partial charge is 0.410 e. The van der Waals surface area contributed by atoms with E-state index in [1.165, 1.54) is 12.1 Å². The second-order valence-corrected chi connectivity index (χ2v) is 5.02. The van der Waals surface area contributed by atoms with Gasteiger partial charge in [0.15, 0.2) is 0 Å². The highest BCUT2D eigenvalue weighted by Crippen LogP contribution is 2.25. The third-order valence-corrected chi connectivity index (χ3v) is 3.57. The minimum absolute atomic E-state index is 0.273. The predicted molar refractivity (Wildman–Crippen MR) is 79.1 cm³/mol. The molecule has 1 saturated heterocycles. The minimum atomic E-state index is -0.427. The SMILES string of the molecule is O=C(Oc1ccccc1)N1CCOCC1c1ccc(F)cc1. The van der Waals surface area contributed by atoms with E-state index in [1.807, 2.05) is 6.07 Å². The number of benzene rings is 2. The monoisotopic (exact) mass is 301 g/mol. The molecule has 1 amide bonds. The number of hydrogen-bond acceptors (Lipinski definition) is 3. The Kier molecular flexibility index (Phi) is 4.34. The Balaban J connectivity index is 1.77. The first-order chi connectivity index (χ1) is 10.7. The molecule has 22 heavy (non-hydrogen) atoms. The Morgan fingerprint density at radius 1 is 1.14 bits per heavy atom. The molecular formula is C17H16FNO3. The summed E-state index contributed by atoms with van der Waals surface area (Å²) < 4.78 is 23.9. The third-order valence-electron chi connectivity index (χ3n) is 3.57. The fourth-order valence-electron chi connectivity index (χ4n) is 2.43. The summed E-state index contributed by atoms with van der Waals surface area (Å²) in [7, 11) is 0. The van der Waals surface area contributed by atoms with Crippen molar-refractivity contribution in [3.05, 3.63) is 66.0 Å². The van der Waals surface area contributed by atoms with Gasteiger partial charge in [-0.3, -0.25) is 4.90 Å². The van der Waals surface area contributed by atoms with E-state index >= 15 is 0 Å². The molecular weight excluding hydrogens is 285 g/mol. The number of carbonyl (C=O) groups is 1. The second-order valence-electron chi connectivity index (χ2n) is 5.02. The maximum absolute atomic E-state index is 13.1. The molecule has 2 aromatic carbocycles. The Bertz CT molecular complexity index is 630. The first kappa shape index (κ1) is 14.5. The molecule has 5 heteroatoms. The van der Waals surface area contributed by atoms with Gasteiger partial charge in [0, 0.05) is 6.54 Å². The van der Waals surface area contributed by atoms with E-state index in [1.54, 1.807) is 41.3 Å². The predicted octanol–water partition coefficient (Wildman–Crippen LogP) is 3.40. The van der Waals surface area contributed by atoms with Crippen molar-refractivity contribution < 1.29 is 18.7 Å². The highest BCUT2D eigenvalue weighted by atomic mass is 19.1. The Morgan fingerprint density at radius 2 is 1.86 bits per heavy atom. The van der Waals surface area contributed by atoms with Crippen LogP contribution in [0.25, 0.3) is 0 Å². The molecule has 2 aromatic rings. The molecule has 0 bridgehead atoms. The molecule has 1 atom stereocenters. The quantitative estimate of drug-likeness (QED) is 0.853.